The molecule has 1 aromatic heterocycles. The van der Waals surface area contributed by atoms with Crippen molar-refractivity contribution in [1.82, 2.24) is 15.6 Å². The van der Waals surface area contributed by atoms with Crippen molar-refractivity contribution in [3.63, 3.8) is 0 Å². The molecule has 176 valence electrons. The topological polar surface area (TPSA) is 103 Å². The highest BCUT2D eigenvalue weighted by atomic mass is 19.1. The van der Waals surface area contributed by atoms with Gasteiger partial charge in [0.2, 0.25) is 11.8 Å². The Morgan fingerprint density at radius 2 is 1.79 bits per heavy atom. The summed E-state index contributed by atoms with van der Waals surface area (Å²) in [4.78, 5) is 44.7. The zero-order chi connectivity index (χ0) is 24.3. The molecule has 1 aliphatic rings. The third kappa shape index (κ3) is 5.33. The Morgan fingerprint density at radius 3 is 2.39 bits per heavy atom. The van der Waals surface area contributed by atoms with Crippen LogP contribution in [0.15, 0.2) is 36.5 Å². The van der Waals surface area contributed by atoms with Crippen LogP contribution in [0.3, 0.4) is 0 Å². The molecule has 33 heavy (non-hydrogen) atoms. The molecule has 2 heterocycles. The number of rotatable bonds is 7. The monoisotopic (exact) mass is 459 g/mol. The highest BCUT2D eigenvalue weighted by Gasteiger charge is 2.43. The highest BCUT2D eigenvalue weighted by molar-refractivity contribution is 6.09. The molecule has 8 nitrogen and oxygen atoms in total. The van der Waals surface area contributed by atoms with E-state index in [1.165, 1.54) is 11.1 Å². The van der Waals surface area contributed by atoms with E-state index in [4.69, 9.17) is 0 Å². The van der Waals surface area contributed by atoms with Gasteiger partial charge in [0.25, 0.3) is 5.91 Å². The maximum absolute atomic E-state index is 13.6. The standard InChI is InChI=1S/C23H27F2N5O3/c1-12(2)19(29-21(31)13(3)26-4)23(33)30-18(8-14-6-5-7-27-20(14)30)22(32)28-17-10-15(24)9-16(25)11-17/h5-7,9-13,18-19,26H,8H2,1-4H3,(H,28,32)(H,29,31)/t13-,18?,19?/m0/s1. The SMILES string of the molecule is CN[C@@H](C)C(=O)NC(C(=O)N1c2ncccc2CC1C(=O)Nc1cc(F)cc(F)c1)C(C)C. The minimum absolute atomic E-state index is 0.0645. The van der Waals surface area contributed by atoms with Crippen molar-refractivity contribution in [2.75, 3.05) is 17.3 Å². The van der Waals surface area contributed by atoms with Crippen LogP contribution in [-0.4, -0.2) is 47.9 Å². The molecule has 0 radical (unpaired) electrons. The van der Waals surface area contributed by atoms with Gasteiger partial charge in [0.15, 0.2) is 0 Å². The number of fused-ring (bicyclic) bond motifs is 1. The molecule has 0 aliphatic carbocycles. The van der Waals surface area contributed by atoms with Crippen molar-refractivity contribution >= 4 is 29.2 Å². The molecule has 3 amide bonds. The van der Waals surface area contributed by atoms with Crippen LogP contribution in [0.25, 0.3) is 0 Å². The molecule has 10 heteroatoms. The molecule has 3 rings (SSSR count). The summed E-state index contributed by atoms with van der Waals surface area (Å²) < 4.78 is 27.2. The van der Waals surface area contributed by atoms with Gasteiger partial charge in [0.1, 0.15) is 29.5 Å². The Labute approximate surface area is 190 Å². The maximum Gasteiger partial charge on any atom is 0.251 e. The first-order valence-electron chi connectivity index (χ1n) is 10.6. The molecule has 0 saturated heterocycles. The smallest absolute Gasteiger partial charge is 0.251 e. The number of amides is 3. The van der Waals surface area contributed by atoms with Crippen LogP contribution < -0.4 is 20.9 Å². The zero-order valence-electron chi connectivity index (χ0n) is 18.9. The van der Waals surface area contributed by atoms with Gasteiger partial charge < -0.3 is 16.0 Å². The summed E-state index contributed by atoms with van der Waals surface area (Å²) in [6, 6.07) is 3.68. The molecule has 0 bridgehead atoms. The first-order chi connectivity index (χ1) is 15.6. The Kier molecular flexibility index (Phi) is 7.37. The second-order valence-corrected chi connectivity index (χ2v) is 8.30. The summed E-state index contributed by atoms with van der Waals surface area (Å²) in [5.74, 6) is -3.12. The third-order valence-electron chi connectivity index (χ3n) is 5.55. The van der Waals surface area contributed by atoms with E-state index in [1.807, 2.05) is 0 Å². The molecule has 0 fully saturated rings. The predicted octanol–water partition coefficient (Wildman–Crippen LogP) is 2.00. The van der Waals surface area contributed by atoms with E-state index in [-0.39, 0.29) is 23.9 Å². The number of carbonyl (C=O) groups is 3. The molecule has 0 saturated carbocycles. The number of aromatic nitrogens is 1. The number of nitrogens with one attached hydrogen (secondary N) is 3. The number of hydrogen-bond donors (Lipinski definition) is 3. The van der Waals surface area contributed by atoms with Crippen molar-refractivity contribution < 1.29 is 23.2 Å². The minimum atomic E-state index is -1.01. The number of likely N-dealkylation sites (N-methyl/N-ethyl adjacent to an activating group) is 1. The van der Waals surface area contributed by atoms with Crippen LogP contribution in [0, 0.1) is 17.6 Å². The lowest BCUT2D eigenvalue weighted by Crippen LogP contribution is -2.57. The average Bonchev–Trinajstić information content (AvgIpc) is 3.15. The van der Waals surface area contributed by atoms with Crippen LogP contribution >= 0.6 is 0 Å². The molecule has 3 atom stereocenters. The second kappa shape index (κ2) is 10.0. The number of halogens is 2. The van der Waals surface area contributed by atoms with E-state index in [1.54, 1.807) is 40.0 Å². The van der Waals surface area contributed by atoms with E-state index < -0.39 is 41.6 Å². The Bertz CT molecular complexity index is 1040. The lowest BCUT2D eigenvalue weighted by molar-refractivity contribution is -0.130. The molecule has 0 spiro atoms. The van der Waals surface area contributed by atoms with Crippen LogP contribution in [0.5, 0.6) is 0 Å². The Hall–Kier alpha value is -3.40. The fourth-order valence-electron chi connectivity index (χ4n) is 3.65. The van der Waals surface area contributed by atoms with Crippen LogP contribution in [0.4, 0.5) is 20.3 Å². The average molecular weight is 459 g/mol. The van der Waals surface area contributed by atoms with Gasteiger partial charge in [-0.25, -0.2) is 13.8 Å². The van der Waals surface area contributed by atoms with E-state index in [9.17, 15) is 23.2 Å². The Balaban J connectivity index is 1.91. The van der Waals surface area contributed by atoms with Gasteiger partial charge in [-0.1, -0.05) is 19.9 Å². The van der Waals surface area contributed by atoms with E-state index in [0.29, 0.717) is 17.4 Å². The number of anilines is 2. The summed E-state index contributed by atoms with van der Waals surface area (Å²) >= 11 is 0. The van der Waals surface area contributed by atoms with Crippen LogP contribution in [0.2, 0.25) is 0 Å². The van der Waals surface area contributed by atoms with E-state index >= 15 is 0 Å². The fourth-order valence-corrected chi connectivity index (χ4v) is 3.65. The first kappa shape index (κ1) is 24.2. The normalized spacial score (nSPS) is 16.8. The van der Waals surface area contributed by atoms with Gasteiger partial charge in [-0.15, -0.1) is 0 Å². The largest absolute Gasteiger partial charge is 0.343 e. The minimum Gasteiger partial charge on any atom is -0.343 e. The number of pyridine rings is 1. The van der Waals surface area contributed by atoms with E-state index in [0.717, 1.165) is 12.1 Å². The van der Waals surface area contributed by atoms with Crippen molar-refractivity contribution in [2.45, 2.75) is 45.3 Å². The molecule has 2 aromatic rings. The molecule has 1 aliphatic heterocycles. The molecule has 1 aromatic carbocycles. The van der Waals surface area contributed by atoms with Crippen LogP contribution in [-0.2, 0) is 20.8 Å². The predicted molar refractivity (Wildman–Crippen MR) is 119 cm³/mol. The van der Waals surface area contributed by atoms with Crippen molar-refractivity contribution in [3.05, 3.63) is 53.7 Å². The maximum atomic E-state index is 13.6. The van der Waals surface area contributed by atoms with Crippen LogP contribution in [0.1, 0.15) is 26.3 Å². The number of benzene rings is 1. The summed E-state index contributed by atoms with van der Waals surface area (Å²) in [7, 11) is 1.63. The zero-order valence-corrected chi connectivity index (χ0v) is 18.9. The van der Waals surface area contributed by atoms with Gasteiger partial charge >= 0.3 is 0 Å². The quantitative estimate of drug-likeness (QED) is 0.588. The second-order valence-electron chi connectivity index (χ2n) is 8.30. The first-order valence-corrected chi connectivity index (χ1v) is 10.6. The molecular formula is C23H27F2N5O3. The lowest BCUT2D eigenvalue weighted by Gasteiger charge is -2.31. The summed E-state index contributed by atoms with van der Waals surface area (Å²) in [5, 5.41) is 8.05. The Morgan fingerprint density at radius 1 is 1.12 bits per heavy atom. The van der Waals surface area contributed by atoms with Crippen molar-refractivity contribution in [2.24, 2.45) is 5.92 Å². The molecule has 2 unspecified atom stereocenters. The van der Waals surface area contributed by atoms with Crippen molar-refractivity contribution in [1.29, 1.82) is 0 Å². The third-order valence-corrected chi connectivity index (χ3v) is 5.55. The van der Waals surface area contributed by atoms with Crippen molar-refractivity contribution in [3.8, 4) is 0 Å². The van der Waals surface area contributed by atoms with Gasteiger partial charge in [-0.3, -0.25) is 19.3 Å². The molecular weight excluding hydrogens is 432 g/mol. The van der Waals surface area contributed by atoms with E-state index in [2.05, 4.69) is 20.9 Å². The van der Waals surface area contributed by atoms with Gasteiger partial charge in [-0.2, -0.15) is 0 Å². The summed E-state index contributed by atoms with van der Waals surface area (Å²) in [6.45, 7) is 5.23. The summed E-state index contributed by atoms with van der Waals surface area (Å²) in [5.41, 5.74) is 0.610. The number of hydrogen-bond acceptors (Lipinski definition) is 5. The fraction of sp³-hybridized carbons (Fsp3) is 0.391. The van der Waals surface area contributed by atoms with Gasteiger partial charge in [0, 0.05) is 24.4 Å². The number of carbonyl (C=O) groups excluding carboxylic acids is 3. The highest BCUT2D eigenvalue weighted by Crippen LogP contribution is 2.32. The van der Waals surface area contributed by atoms with Gasteiger partial charge in [-0.05, 0) is 43.7 Å². The van der Waals surface area contributed by atoms with Gasteiger partial charge in [0.05, 0.1) is 6.04 Å². The summed E-state index contributed by atoms with van der Waals surface area (Å²) in [6.07, 6.45) is 1.68. The molecule has 3 N–H and O–H groups in total. The number of nitrogens with zero attached hydrogens (tertiary/aromatic N) is 2. The lowest BCUT2D eigenvalue weighted by atomic mass is 10.0.